The number of benzene rings is 1. The van der Waals surface area contributed by atoms with E-state index in [1.165, 1.54) is 36.2 Å². The third-order valence-corrected chi connectivity index (χ3v) is 3.77. The molecule has 0 aromatic heterocycles. The maximum absolute atomic E-state index is 13.1. The fraction of sp³-hybridized carbons (Fsp3) is 0.538. The predicted octanol–water partition coefficient (Wildman–Crippen LogP) is 4.56. The van der Waals surface area contributed by atoms with Crippen LogP contribution in [0.5, 0.6) is 0 Å². The third-order valence-electron chi connectivity index (χ3n) is 2.58. The van der Waals surface area contributed by atoms with Crippen molar-refractivity contribution in [1.29, 1.82) is 0 Å². The summed E-state index contributed by atoms with van der Waals surface area (Å²) < 4.78 is 14.4. The van der Waals surface area contributed by atoms with Gasteiger partial charge in [-0.1, -0.05) is 59.2 Å². The molecule has 0 heterocycles. The summed E-state index contributed by atoms with van der Waals surface area (Å²) in [5.41, 5.74) is 0.832. The highest BCUT2D eigenvalue weighted by Gasteiger charge is 2.04. The van der Waals surface area contributed by atoms with Crippen LogP contribution in [0, 0.1) is 5.82 Å². The fourth-order valence-corrected chi connectivity index (χ4v) is 2.34. The van der Waals surface area contributed by atoms with Gasteiger partial charge in [0.25, 0.3) is 0 Å². The van der Waals surface area contributed by atoms with Gasteiger partial charge in [-0.25, -0.2) is 4.39 Å². The summed E-state index contributed by atoms with van der Waals surface area (Å²) in [6, 6.07) is 4.93. The molecule has 0 aliphatic rings. The van der Waals surface area contributed by atoms with Crippen LogP contribution in [0.2, 0.25) is 5.02 Å². The van der Waals surface area contributed by atoms with Gasteiger partial charge in [-0.15, -0.1) is 0 Å². The Morgan fingerprint density at radius 2 is 1.94 bits per heavy atom. The first-order chi connectivity index (χ1) is 8.25. The van der Waals surface area contributed by atoms with Crippen LogP contribution in [0.15, 0.2) is 18.2 Å². The number of rotatable bonds is 8. The van der Waals surface area contributed by atoms with Crippen molar-refractivity contribution < 1.29 is 4.39 Å². The summed E-state index contributed by atoms with van der Waals surface area (Å²) in [6.07, 6.45) is 5.03. The molecular formula is C13H18ClFIN. The van der Waals surface area contributed by atoms with Crippen LogP contribution in [-0.2, 0) is 6.54 Å². The van der Waals surface area contributed by atoms with Gasteiger partial charge in [-0.3, -0.25) is 0 Å². The van der Waals surface area contributed by atoms with Crippen molar-refractivity contribution >= 4 is 34.2 Å². The Kier molecular flexibility index (Phi) is 8.14. The van der Waals surface area contributed by atoms with Crippen molar-refractivity contribution in [3.63, 3.8) is 0 Å². The first kappa shape index (κ1) is 15.2. The minimum Gasteiger partial charge on any atom is -0.313 e. The molecule has 0 atom stereocenters. The zero-order valence-electron chi connectivity index (χ0n) is 9.82. The topological polar surface area (TPSA) is 12.0 Å². The van der Waals surface area contributed by atoms with Crippen LogP contribution in [0.4, 0.5) is 4.39 Å². The standard InChI is InChI=1S/C13H18ClFIN/c14-13-11(6-5-7-12(13)15)10-17-9-4-2-1-3-8-16/h5-7,17H,1-4,8-10H2. The van der Waals surface area contributed by atoms with Crippen molar-refractivity contribution in [3.05, 3.63) is 34.6 Å². The molecule has 0 aliphatic carbocycles. The third kappa shape index (κ3) is 6.02. The smallest absolute Gasteiger partial charge is 0.142 e. The highest BCUT2D eigenvalue weighted by Crippen LogP contribution is 2.19. The number of alkyl halides is 1. The fourth-order valence-electron chi connectivity index (χ4n) is 1.61. The molecule has 0 aliphatic heterocycles. The van der Waals surface area contributed by atoms with E-state index in [4.69, 9.17) is 11.6 Å². The average Bonchev–Trinajstić information content (AvgIpc) is 2.33. The van der Waals surface area contributed by atoms with E-state index in [9.17, 15) is 4.39 Å². The van der Waals surface area contributed by atoms with Gasteiger partial charge in [-0.05, 0) is 35.4 Å². The second kappa shape index (κ2) is 9.11. The Morgan fingerprint density at radius 1 is 1.18 bits per heavy atom. The van der Waals surface area contributed by atoms with Gasteiger partial charge in [0.05, 0.1) is 5.02 Å². The van der Waals surface area contributed by atoms with E-state index in [0.29, 0.717) is 6.54 Å². The SMILES string of the molecule is Fc1cccc(CNCCCCCCI)c1Cl. The van der Waals surface area contributed by atoms with Gasteiger partial charge >= 0.3 is 0 Å². The van der Waals surface area contributed by atoms with Gasteiger partial charge in [0.2, 0.25) is 0 Å². The molecule has 1 nitrogen and oxygen atoms in total. The van der Waals surface area contributed by atoms with Gasteiger partial charge in [0, 0.05) is 6.54 Å². The zero-order chi connectivity index (χ0) is 12.5. The van der Waals surface area contributed by atoms with Crippen LogP contribution in [-0.4, -0.2) is 11.0 Å². The Labute approximate surface area is 121 Å². The molecular weight excluding hydrogens is 352 g/mol. The molecule has 0 amide bonds. The summed E-state index contributed by atoms with van der Waals surface area (Å²) >= 11 is 8.26. The molecule has 4 heteroatoms. The van der Waals surface area contributed by atoms with Crippen LogP contribution in [0.25, 0.3) is 0 Å². The zero-order valence-corrected chi connectivity index (χ0v) is 12.7. The van der Waals surface area contributed by atoms with Crippen LogP contribution in [0.1, 0.15) is 31.2 Å². The maximum Gasteiger partial charge on any atom is 0.142 e. The van der Waals surface area contributed by atoms with Crippen LogP contribution < -0.4 is 5.32 Å². The van der Waals surface area contributed by atoms with Gasteiger partial charge < -0.3 is 5.32 Å². The average molecular weight is 370 g/mol. The lowest BCUT2D eigenvalue weighted by atomic mass is 10.2. The Hall–Kier alpha value is 0.130. The lowest BCUT2D eigenvalue weighted by Crippen LogP contribution is -2.15. The first-order valence-electron chi connectivity index (χ1n) is 5.95. The van der Waals surface area contributed by atoms with Crippen molar-refractivity contribution in [2.75, 3.05) is 11.0 Å². The van der Waals surface area contributed by atoms with E-state index in [2.05, 4.69) is 27.9 Å². The van der Waals surface area contributed by atoms with E-state index in [-0.39, 0.29) is 10.8 Å². The Bertz CT molecular complexity index is 333. The predicted molar refractivity (Wildman–Crippen MR) is 80.5 cm³/mol. The number of hydrogen-bond acceptors (Lipinski definition) is 1. The molecule has 0 saturated heterocycles. The van der Waals surface area contributed by atoms with Crippen molar-refractivity contribution in [2.24, 2.45) is 0 Å². The minimum absolute atomic E-state index is 0.241. The summed E-state index contributed by atoms with van der Waals surface area (Å²) in [5, 5.41) is 3.53. The highest BCUT2D eigenvalue weighted by molar-refractivity contribution is 14.1. The first-order valence-corrected chi connectivity index (χ1v) is 7.85. The molecule has 1 rings (SSSR count). The second-order valence-electron chi connectivity index (χ2n) is 3.99. The number of halogens is 3. The lowest BCUT2D eigenvalue weighted by molar-refractivity contribution is 0.594. The Morgan fingerprint density at radius 3 is 2.71 bits per heavy atom. The molecule has 1 aromatic rings. The second-order valence-corrected chi connectivity index (χ2v) is 5.45. The van der Waals surface area contributed by atoms with Gasteiger partial charge in [0.1, 0.15) is 5.82 Å². The van der Waals surface area contributed by atoms with Crippen molar-refractivity contribution in [3.8, 4) is 0 Å². The van der Waals surface area contributed by atoms with Crippen molar-refractivity contribution in [2.45, 2.75) is 32.2 Å². The number of hydrogen-bond donors (Lipinski definition) is 1. The maximum atomic E-state index is 13.1. The lowest BCUT2D eigenvalue weighted by Gasteiger charge is -2.07. The number of nitrogens with one attached hydrogen (secondary N) is 1. The highest BCUT2D eigenvalue weighted by atomic mass is 127. The molecule has 17 heavy (non-hydrogen) atoms. The number of unbranched alkanes of at least 4 members (excludes halogenated alkanes) is 3. The van der Waals surface area contributed by atoms with E-state index < -0.39 is 0 Å². The summed E-state index contributed by atoms with van der Waals surface area (Å²) in [6.45, 7) is 1.61. The van der Waals surface area contributed by atoms with Crippen LogP contribution >= 0.6 is 34.2 Å². The molecule has 0 radical (unpaired) electrons. The Balaban J connectivity index is 2.16. The van der Waals surface area contributed by atoms with Crippen LogP contribution in [0.3, 0.4) is 0 Å². The molecule has 1 N–H and O–H groups in total. The molecule has 0 bridgehead atoms. The van der Waals surface area contributed by atoms with E-state index in [0.717, 1.165) is 12.1 Å². The molecule has 0 unspecified atom stereocenters. The largest absolute Gasteiger partial charge is 0.313 e. The summed E-state index contributed by atoms with van der Waals surface area (Å²) in [7, 11) is 0. The summed E-state index contributed by atoms with van der Waals surface area (Å²) in [5.74, 6) is -0.340. The molecule has 0 saturated carbocycles. The van der Waals surface area contributed by atoms with Gasteiger partial charge in [-0.2, -0.15) is 0 Å². The van der Waals surface area contributed by atoms with E-state index in [1.807, 2.05) is 6.07 Å². The molecule has 1 aromatic carbocycles. The monoisotopic (exact) mass is 369 g/mol. The summed E-state index contributed by atoms with van der Waals surface area (Å²) in [4.78, 5) is 0. The van der Waals surface area contributed by atoms with E-state index in [1.54, 1.807) is 6.07 Å². The molecule has 96 valence electrons. The minimum atomic E-state index is -0.340. The quantitative estimate of drug-likeness (QED) is 0.402. The van der Waals surface area contributed by atoms with E-state index >= 15 is 0 Å². The molecule has 0 spiro atoms. The molecule has 0 fully saturated rings. The van der Waals surface area contributed by atoms with Crippen molar-refractivity contribution in [1.82, 2.24) is 5.32 Å². The van der Waals surface area contributed by atoms with Gasteiger partial charge in [0.15, 0.2) is 0 Å². The normalized spacial score (nSPS) is 10.8.